The molecule has 2 aromatic rings. The van der Waals surface area contributed by atoms with Gasteiger partial charge in [-0.25, -0.2) is 0 Å². The third-order valence-corrected chi connectivity index (χ3v) is 6.34. The maximum Gasteiger partial charge on any atom is 0.226 e. The highest BCUT2D eigenvalue weighted by molar-refractivity contribution is 8.00. The Kier molecular flexibility index (Phi) is 4.31. The Hall–Kier alpha value is -1.81. The van der Waals surface area contributed by atoms with Crippen molar-refractivity contribution >= 4 is 17.7 Å². The summed E-state index contributed by atoms with van der Waals surface area (Å²) in [5.74, 6) is 1.84. The smallest absolute Gasteiger partial charge is 0.226 e. The largest absolute Gasteiger partial charge is 0.333 e. The molecular formula is C20H22N2OS. The van der Waals surface area contributed by atoms with Gasteiger partial charge in [-0.2, -0.15) is 11.8 Å². The van der Waals surface area contributed by atoms with E-state index in [2.05, 4.69) is 47.1 Å². The van der Waals surface area contributed by atoms with Crippen LogP contribution < -0.4 is 0 Å². The van der Waals surface area contributed by atoms with Crippen LogP contribution >= 0.6 is 11.8 Å². The molecule has 1 saturated heterocycles. The van der Waals surface area contributed by atoms with Crippen molar-refractivity contribution in [1.82, 2.24) is 9.88 Å². The third-order valence-electron chi connectivity index (χ3n) is 5.14. The van der Waals surface area contributed by atoms with Crippen molar-refractivity contribution in [2.24, 2.45) is 5.92 Å². The van der Waals surface area contributed by atoms with Gasteiger partial charge in [-0.05, 0) is 29.5 Å². The molecule has 1 aromatic heterocycles. The standard InChI is InChI=1S/C20H22N2OS/c1-14-19(15-6-3-2-4-7-15)22(10-11-24-14)20(23)18-12-17(18)16-8-5-9-21-13-16/h2-9,13-14,17-19H,10-12H2,1H3. The number of rotatable bonds is 3. The van der Waals surface area contributed by atoms with Gasteiger partial charge in [0, 0.05) is 35.9 Å². The van der Waals surface area contributed by atoms with Crippen LogP contribution in [0.4, 0.5) is 0 Å². The van der Waals surface area contributed by atoms with Crippen molar-refractivity contribution in [3.63, 3.8) is 0 Å². The van der Waals surface area contributed by atoms with Gasteiger partial charge in [-0.15, -0.1) is 0 Å². The number of amides is 1. The topological polar surface area (TPSA) is 33.2 Å². The molecule has 0 radical (unpaired) electrons. The lowest BCUT2D eigenvalue weighted by molar-refractivity contribution is -0.135. The third kappa shape index (κ3) is 2.95. The molecule has 1 amide bonds. The number of nitrogens with zero attached hydrogens (tertiary/aromatic N) is 2. The normalized spacial score (nSPS) is 29.3. The van der Waals surface area contributed by atoms with E-state index >= 15 is 0 Å². The quantitative estimate of drug-likeness (QED) is 0.851. The molecule has 0 bridgehead atoms. The maximum atomic E-state index is 13.2. The fraction of sp³-hybridized carbons (Fsp3) is 0.400. The summed E-state index contributed by atoms with van der Waals surface area (Å²) >= 11 is 1.97. The van der Waals surface area contributed by atoms with Crippen LogP contribution in [0.2, 0.25) is 0 Å². The van der Waals surface area contributed by atoms with Gasteiger partial charge in [-0.3, -0.25) is 9.78 Å². The monoisotopic (exact) mass is 338 g/mol. The summed E-state index contributed by atoms with van der Waals surface area (Å²) < 4.78 is 0. The van der Waals surface area contributed by atoms with E-state index in [9.17, 15) is 4.79 Å². The first-order chi connectivity index (χ1) is 11.8. The lowest BCUT2D eigenvalue weighted by Gasteiger charge is -2.40. The predicted molar refractivity (Wildman–Crippen MR) is 97.9 cm³/mol. The first-order valence-corrected chi connectivity index (χ1v) is 9.67. The molecule has 0 spiro atoms. The summed E-state index contributed by atoms with van der Waals surface area (Å²) in [6.45, 7) is 3.09. The molecule has 4 rings (SSSR count). The highest BCUT2D eigenvalue weighted by atomic mass is 32.2. The minimum absolute atomic E-state index is 0.135. The van der Waals surface area contributed by atoms with Crippen LogP contribution in [0, 0.1) is 5.92 Å². The molecule has 1 saturated carbocycles. The molecule has 1 aromatic carbocycles. The van der Waals surface area contributed by atoms with E-state index in [1.807, 2.05) is 30.1 Å². The SMILES string of the molecule is CC1SCCN(C(=O)C2CC2c2cccnc2)C1c1ccccc1. The van der Waals surface area contributed by atoms with Crippen LogP contribution in [0.25, 0.3) is 0 Å². The molecule has 2 aliphatic rings. The number of carbonyl (C=O) groups is 1. The molecule has 3 nitrogen and oxygen atoms in total. The molecule has 1 aliphatic heterocycles. The highest BCUT2D eigenvalue weighted by Gasteiger charge is 2.48. The predicted octanol–water partition coefficient (Wildman–Crippen LogP) is 3.89. The summed E-state index contributed by atoms with van der Waals surface area (Å²) in [4.78, 5) is 19.5. The fourth-order valence-electron chi connectivity index (χ4n) is 3.81. The van der Waals surface area contributed by atoms with Crippen molar-refractivity contribution in [2.75, 3.05) is 12.3 Å². The van der Waals surface area contributed by atoms with Crippen LogP contribution in [0.1, 0.15) is 36.4 Å². The van der Waals surface area contributed by atoms with Crippen molar-refractivity contribution in [1.29, 1.82) is 0 Å². The van der Waals surface area contributed by atoms with Gasteiger partial charge in [-0.1, -0.05) is 43.3 Å². The Morgan fingerprint density at radius 1 is 1.17 bits per heavy atom. The van der Waals surface area contributed by atoms with Crippen LogP contribution in [0.15, 0.2) is 54.9 Å². The average molecular weight is 338 g/mol. The zero-order valence-electron chi connectivity index (χ0n) is 13.8. The molecular weight excluding hydrogens is 316 g/mol. The molecule has 4 unspecified atom stereocenters. The van der Waals surface area contributed by atoms with Crippen LogP contribution in [0.3, 0.4) is 0 Å². The van der Waals surface area contributed by atoms with Crippen molar-refractivity contribution in [3.8, 4) is 0 Å². The van der Waals surface area contributed by atoms with Gasteiger partial charge in [0.05, 0.1) is 6.04 Å². The minimum atomic E-state index is 0.135. The van der Waals surface area contributed by atoms with Gasteiger partial charge in [0.15, 0.2) is 0 Å². The maximum absolute atomic E-state index is 13.2. The second-order valence-corrected chi connectivity index (χ2v) is 8.18. The van der Waals surface area contributed by atoms with Gasteiger partial charge < -0.3 is 4.90 Å². The summed E-state index contributed by atoms with van der Waals surface area (Å²) in [5.41, 5.74) is 2.45. The zero-order chi connectivity index (χ0) is 16.5. The Balaban J connectivity index is 1.54. The van der Waals surface area contributed by atoms with Crippen LogP contribution in [-0.4, -0.2) is 33.3 Å². The number of thioether (sulfide) groups is 1. The Morgan fingerprint density at radius 2 is 1.96 bits per heavy atom. The molecule has 4 heteroatoms. The first-order valence-electron chi connectivity index (χ1n) is 8.62. The van der Waals surface area contributed by atoms with Crippen molar-refractivity contribution < 1.29 is 4.79 Å². The van der Waals surface area contributed by atoms with Crippen LogP contribution in [0.5, 0.6) is 0 Å². The van der Waals surface area contributed by atoms with E-state index in [0.29, 0.717) is 17.1 Å². The van der Waals surface area contributed by atoms with E-state index < -0.39 is 0 Å². The summed E-state index contributed by atoms with van der Waals surface area (Å²) in [5, 5.41) is 0.431. The molecule has 2 heterocycles. The zero-order valence-corrected chi connectivity index (χ0v) is 14.7. The molecule has 1 aliphatic carbocycles. The Labute approximate surface area is 147 Å². The fourth-order valence-corrected chi connectivity index (χ4v) is 4.97. The van der Waals surface area contributed by atoms with Gasteiger partial charge >= 0.3 is 0 Å². The van der Waals surface area contributed by atoms with E-state index in [1.54, 1.807) is 6.20 Å². The van der Waals surface area contributed by atoms with E-state index in [4.69, 9.17) is 0 Å². The number of carbonyl (C=O) groups excluding carboxylic acids is 1. The summed E-state index contributed by atoms with van der Waals surface area (Å²) in [6.07, 6.45) is 4.66. The number of hydrogen-bond donors (Lipinski definition) is 0. The van der Waals surface area contributed by atoms with Gasteiger partial charge in [0.25, 0.3) is 0 Å². The van der Waals surface area contributed by atoms with Gasteiger partial charge in [0.2, 0.25) is 5.91 Å². The van der Waals surface area contributed by atoms with E-state index in [-0.39, 0.29) is 12.0 Å². The number of hydrogen-bond acceptors (Lipinski definition) is 3. The Bertz CT molecular complexity index is 706. The molecule has 4 atom stereocenters. The second kappa shape index (κ2) is 6.60. The highest BCUT2D eigenvalue weighted by Crippen LogP contribution is 2.50. The Morgan fingerprint density at radius 3 is 2.71 bits per heavy atom. The number of benzene rings is 1. The summed E-state index contributed by atoms with van der Waals surface area (Å²) in [6, 6.07) is 14.7. The molecule has 24 heavy (non-hydrogen) atoms. The minimum Gasteiger partial charge on any atom is -0.333 e. The molecule has 0 N–H and O–H groups in total. The summed E-state index contributed by atoms with van der Waals surface area (Å²) in [7, 11) is 0. The van der Waals surface area contributed by atoms with Crippen molar-refractivity contribution in [3.05, 3.63) is 66.0 Å². The number of aromatic nitrogens is 1. The molecule has 124 valence electrons. The van der Waals surface area contributed by atoms with Gasteiger partial charge in [0.1, 0.15) is 0 Å². The average Bonchev–Trinajstić information content (AvgIpc) is 3.43. The van der Waals surface area contributed by atoms with Crippen LogP contribution in [-0.2, 0) is 4.79 Å². The van der Waals surface area contributed by atoms with E-state index in [1.165, 1.54) is 11.1 Å². The van der Waals surface area contributed by atoms with E-state index in [0.717, 1.165) is 18.7 Å². The lowest BCUT2D eigenvalue weighted by Crippen LogP contribution is -2.44. The lowest BCUT2D eigenvalue weighted by atomic mass is 10.0. The molecule has 2 fully saturated rings. The first kappa shape index (κ1) is 15.7. The second-order valence-electron chi connectivity index (χ2n) is 6.70. The van der Waals surface area contributed by atoms with Crippen molar-refractivity contribution in [2.45, 2.75) is 30.6 Å². The number of pyridine rings is 1.